The van der Waals surface area contributed by atoms with Gasteiger partial charge < -0.3 is 4.90 Å². The number of carbonyl (C=O) groups is 1. The molecule has 116 valence electrons. The number of halogens is 1. The van der Waals surface area contributed by atoms with Gasteiger partial charge in [0.25, 0.3) is 5.91 Å². The number of hydrogen-bond acceptors (Lipinski definition) is 3. The van der Waals surface area contributed by atoms with Gasteiger partial charge in [0, 0.05) is 17.2 Å². The van der Waals surface area contributed by atoms with Gasteiger partial charge in [0.15, 0.2) is 5.69 Å². The molecule has 2 aromatic carbocycles. The molecule has 0 atom stereocenters. The molecule has 0 bridgehead atoms. The third-order valence-electron chi connectivity index (χ3n) is 3.62. The highest BCUT2D eigenvalue weighted by Gasteiger charge is 2.21. The molecule has 0 saturated carbocycles. The van der Waals surface area contributed by atoms with Gasteiger partial charge in [-0.25, -0.2) is 4.68 Å². The normalized spacial score (nSPS) is 10.6. The first-order valence-electron chi connectivity index (χ1n) is 7.09. The minimum atomic E-state index is -0.183. The Kier molecular flexibility index (Phi) is 4.25. The van der Waals surface area contributed by atoms with E-state index in [4.69, 9.17) is 0 Å². The molecular weight excluding hydrogens is 356 g/mol. The second-order valence-corrected chi connectivity index (χ2v) is 6.03. The zero-order valence-corrected chi connectivity index (χ0v) is 14.4. The van der Waals surface area contributed by atoms with Crippen molar-refractivity contribution < 1.29 is 4.79 Å². The summed E-state index contributed by atoms with van der Waals surface area (Å²) < 4.78 is 2.65. The summed E-state index contributed by atoms with van der Waals surface area (Å²) in [6.45, 7) is 1.84. The SMILES string of the molecule is Cc1c(C(=O)N(C)c2ccccc2)nnn1-c1ccc(Br)cc1. The average Bonchev–Trinajstić information content (AvgIpc) is 2.96. The van der Waals surface area contributed by atoms with Crippen LogP contribution in [0.3, 0.4) is 0 Å². The van der Waals surface area contributed by atoms with E-state index in [-0.39, 0.29) is 5.91 Å². The van der Waals surface area contributed by atoms with Crippen LogP contribution in [0.4, 0.5) is 5.69 Å². The van der Waals surface area contributed by atoms with E-state index in [1.165, 1.54) is 0 Å². The fraction of sp³-hybridized carbons (Fsp3) is 0.118. The largest absolute Gasteiger partial charge is 0.310 e. The number of hydrogen-bond donors (Lipinski definition) is 0. The van der Waals surface area contributed by atoms with Gasteiger partial charge in [0.1, 0.15) is 0 Å². The number of amides is 1. The fourth-order valence-electron chi connectivity index (χ4n) is 2.28. The summed E-state index contributed by atoms with van der Waals surface area (Å²) in [6, 6.07) is 17.1. The van der Waals surface area contributed by atoms with Crippen LogP contribution < -0.4 is 4.90 Å². The van der Waals surface area contributed by atoms with Gasteiger partial charge in [-0.15, -0.1) is 5.10 Å². The number of carbonyl (C=O) groups excluding carboxylic acids is 1. The second kappa shape index (κ2) is 6.34. The molecule has 0 radical (unpaired) electrons. The number of anilines is 1. The molecule has 0 N–H and O–H groups in total. The molecule has 0 aliphatic rings. The lowest BCUT2D eigenvalue weighted by Gasteiger charge is -2.16. The van der Waals surface area contributed by atoms with Crippen molar-refractivity contribution in [1.82, 2.24) is 15.0 Å². The maximum Gasteiger partial charge on any atom is 0.280 e. The van der Waals surface area contributed by atoms with Crippen molar-refractivity contribution in [2.45, 2.75) is 6.92 Å². The van der Waals surface area contributed by atoms with Crippen molar-refractivity contribution in [3.8, 4) is 5.69 Å². The minimum absolute atomic E-state index is 0.183. The molecule has 0 fully saturated rings. The van der Waals surface area contributed by atoms with Crippen LogP contribution in [0, 0.1) is 6.92 Å². The van der Waals surface area contributed by atoms with E-state index in [0.29, 0.717) is 11.4 Å². The van der Waals surface area contributed by atoms with Crippen LogP contribution in [-0.4, -0.2) is 27.9 Å². The van der Waals surface area contributed by atoms with Crippen LogP contribution in [0.15, 0.2) is 59.1 Å². The first-order valence-corrected chi connectivity index (χ1v) is 7.88. The summed E-state index contributed by atoms with van der Waals surface area (Å²) in [5.74, 6) is -0.183. The summed E-state index contributed by atoms with van der Waals surface area (Å²) in [7, 11) is 1.73. The number of benzene rings is 2. The Morgan fingerprint density at radius 1 is 1.09 bits per heavy atom. The number of rotatable bonds is 3. The maximum atomic E-state index is 12.7. The quantitative estimate of drug-likeness (QED) is 0.707. The first kappa shape index (κ1) is 15.4. The molecule has 23 heavy (non-hydrogen) atoms. The third kappa shape index (κ3) is 3.03. The summed E-state index contributed by atoms with van der Waals surface area (Å²) >= 11 is 3.40. The zero-order chi connectivity index (χ0) is 16.4. The Bertz CT molecular complexity index is 828. The van der Waals surface area contributed by atoms with Crippen LogP contribution in [0.1, 0.15) is 16.2 Å². The highest BCUT2D eigenvalue weighted by Crippen LogP contribution is 2.19. The zero-order valence-electron chi connectivity index (χ0n) is 12.8. The van der Waals surface area contributed by atoms with Gasteiger partial charge >= 0.3 is 0 Å². The van der Waals surface area contributed by atoms with E-state index in [2.05, 4.69) is 26.2 Å². The molecule has 0 aliphatic carbocycles. The molecule has 1 aromatic heterocycles. The van der Waals surface area contributed by atoms with E-state index < -0.39 is 0 Å². The van der Waals surface area contributed by atoms with Crippen LogP contribution in [-0.2, 0) is 0 Å². The van der Waals surface area contributed by atoms with Crippen molar-refractivity contribution in [1.29, 1.82) is 0 Å². The summed E-state index contributed by atoms with van der Waals surface area (Å²) in [4.78, 5) is 14.2. The molecule has 0 saturated heterocycles. The monoisotopic (exact) mass is 370 g/mol. The molecule has 0 aliphatic heterocycles. The Morgan fingerprint density at radius 2 is 1.74 bits per heavy atom. The third-order valence-corrected chi connectivity index (χ3v) is 4.15. The minimum Gasteiger partial charge on any atom is -0.310 e. The number of nitrogens with zero attached hydrogens (tertiary/aromatic N) is 4. The van der Waals surface area contributed by atoms with Crippen LogP contribution in [0.2, 0.25) is 0 Å². The molecule has 1 heterocycles. The summed E-state index contributed by atoms with van der Waals surface area (Å²) in [5, 5.41) is 8.19. The summed E-state index contributed by atoms with van der Waals surface area (Å²) in [5.41, 5.74) is 2.73. The van der Waals surface area contributed by atoms with E-state index in [1.807, 2.05) is 61.5 Å². The Hall–Kier alpha value is -2.47. The van der Waals surface area contributed by atoms with E-state index in [9.17, 15) is 4.79 Å². The molecule has 3 aromatic rings. The topological polar surface area (TPSA) is 51.0 Å². The maximum absolute atomic E-state index is 12.7. The number of aromatic nitrogens is 3. The predicted molar refractivity (Wildman–Crippen MR) is 93.0 cm³/mol. The highest BCUT2D eigenvalue weighted by molar-refractivity contribution is 9.10. The van der Waals surface area contributed by atoms with Gasteiger partial charge in [-0.1, -0.05) is 39.3 Å². The van der Waals surface area contributed by atoms with Gasteiger partial charge in [-0.2, -0.15) is 0 Å². The van der Waals surface area contributed by atoms with E-state index >= 15 is 0 Å². The standard InChI is InChI=1S/C17H15BrN4O/c1-12-16(17(23)21(2)14-6-4-3-5-7-14)19-20-22(12)15-10-8-13(18)9-11-15/h3-11H,1-2H3. The lowest BCUT2D eigenvalue weighted by molar-refractivity contribution is 0.0987. The molecular formula is C17H15BrN4O. The molecule has 6 heteroatoms. The van der Waals surface area contributed by atoms with Crippen molar-refractivity contribution in [2.75, 3.05) is 11.9 Å². The van der Waals surface area contributed by atoms with Gasteiger partial charge in [-0.3, -0.25) is 4.79 Å². The summed E-state index contributed by atoms with van der Waals surface area (Å²) in [6.07, 6.45) is 0. The van der Waals surface area contributed by atoms with Crippen molar-refractivity contribution in [3.05, 3.63) is 70.5 Å². The predicted octanol–water partition coefficient (Wildman–Crippen LogP) is 3.61. The van der Waals surface area contributed by atoms with Crippen LogP contribution >= 0.6 is 15.9 Å². The average molecular weight is 371 g/mol. The molecule has 3 rings (SSSR count). The van der Waals surface area contributed by atoms with Gasteiger partial charge in [-0.05, 0) is 43.3 Å². The van der Waals surface area contributed by atoms with Crippen LogP contribution in [0.5, 0.6) is 0 Å². The fourth-order valence-corrected chi connectivity index (χ4v) is 2.55. The molecule has 0 unspecified atom stereocenters. The van der Waals surface area contributed by atoms with E-state index in [1.54, 1.807) is 16.6 Å². The molecule has 5 nitrogen and oxygen atoms in total. The first-order chi connectivity index (χ1) is 11.1. The highest BCUT2D eigenvalue weighted by atomic mass is 79.9. The lowest BCUT2D eigenvalue weighted by Crippen LogP contribution is -2.27. The van der Waals surface area contributed by atoms with Crippen molar-refractivity contribution >= 4 is 27.5 Å². The second-order valence-electron chi connectivity index (χ2n) is 5.11. The molecule has 0 spiro atoms. The smallest absolute Gasteiger partial charge is 0.280 e. The Morgan fingerprint density at radius 3 is 2.39 bits per heavy atom. The van der Waals surface area contributed by atoms with Gasteiger partial charge in [0.2, 0.25) is 0 Å². The lowest BCUT2D eigenvalue weighted by atomic mass is 10.2. The van der Waals surface area contributed by atoms with Crippen LogP contribution in [0.25, 0.3) is 5.69 Å². The molecule has 1 amide bonds. The van der Waals surface area contributed by atoms with Gasteiger partial charge in [0.05, 0.1) is 11.4 Å². The Balaban J connectivity index is 1.92. The number of para-hydroxylation sites is 1. The van der Waals surface area contributed by atoms with Crippen molar-refractivity contribution in [3.63, 3.8) is 0 Å². The van der Waals surface area contributed by atoms with E-state index in [0.717, 1.165) is 15.8 Å². The Labute approximate surface area is 142 Å². The van der Waals surface area contributed by atoms with Crippen molar-refractivity contribution in [2.24, 2.45) is 0 Å².